The Kier molecular flexibility index (Phi) is 4.36. The lowest BCUT2D eigenvalue weighted by molar-refractivity contribution is -0.0983. The second kappa shape index (κ2) is 4.53. The van der Waals surface area contributed by atoms with Crippen LogP contribution >= 0.6 is 0 Å². The van der Waals surface area contributed by atoms with E-state index < -0.39 is 0 Å². The van der Waals surface area contributed by atoms with Gasteiger partial charge in [-0.25, -0.2) is 0 Å². The molecule has 0 radical (unpaired) electrons. The Morgan fingerprint density at radius 3 is 2.67 bits per heavy atom. The van der Waals surface area contributed by atoms with Crippen LogP contribution in [0.15, 0.2) is 12.7 Å². The zero-order chi connectivity index (χ0) is 7.28. The number of hydrogen-bond donors (Lipinski definition) is 1. The monoisotopic (exact) mass is 129 g/mol. The molecule has 0 aromatic rings. The maximum Gasteiger partial charge on any atom is 0.0321 e. The molecule has 0 rings (SSSR count). The van der Waals surface area contributed by atoms with Crippen LogP contribution in [0.5, 0.6) is 0 Å². The molecule has 9 heavy (non-hydrogen) atoms. The second-order valence-corrected chi connectivity index (χ2v) is 2.29. The first-order chi connectivity index (χ1) is 4.18. The third kappa shape index (κ3) is 4.18. The van der Waals surface area contributed by atoms with Gasteiger partial charge in [-0.1, -0.05) is 6.08 Å². The fourth-order valence-corrected chi connectivity index (χ4v) is 0.546. The van der Waals surface area contributed by atoms with Gasteiger partial charge in [0, 0.05) is 13.1 Å². The van der Waals surface area contributed by atoms with E-state index in [4.69, 9.17) is 5.21 Å². The zero-order valence-corrected chi connectivity index (χ0v) is 6.17. The first-order valence-corrected chi connectivity index (χ1v) is 3.21. The van der Waals surface area contributed by atoms with Crippen molar-refractivity contribution in [1.29, 1.82) is 0 Å². The van der Waals surface area contributed by atoms with Gasteiger partial charge in [-0.15, -0.1) is 6.58 Å². The van der Waals surface area contributed by atoms with Gasteiger partial charge in [-0.2, -0.15) is 5.06 Å². The van der Waals surface area contributed by atoms with E-state index in [-0.39, 0.29) is 6.04 Å². The lowest BCUT2D eigenvalue weighted by atomic mass is 10.2. The minimum atomic E-state index is 0.239. The lowest BCUT2D eigenvalue weighted by Gasteiger charge is -2.16. The van der Waals surface area contributed by atoms with Crippen LogP contribution in [0.2, 0.25) is 0 Å². The van der Waals surface area contributed by atoms with Crippen LogP contribution < -0.4 is 0 Å². The third-order valence-corrected chi connectivity index (χ3v) is 1.43. The van der Waals surface area contributed by atoms with Gasteiger partial charge in [0.2, 0.25) is 0 Å². The molecular weight excluding hydrogens is 114 g/mol. The SMILES string of the molecule is C=CCCC(C)N(C)O. The maximum atomic E-state index is 8.85. The Morgan fingerprint density at radius 2 is 2.33 bits per heavy atom. The quantitative estimate of drug-likeness (QED) is 0.461. The van der Waals surface area contributed by atoms with E-state index in [1.807, 2.05) is 13.0 Å². The molecule has 0 aromatic carbocycles. The van der Waals surface area contributed by atoms with Gasteiger partial charge in [0.1, 0.15) is 0 Å². The van der Waals surface area contributed by atoms with Crippen molar-refractivity contribution < 1.29 is 5.21 Å². The minimum Gasteiger partial charge on any atom is -0.314 e. The molecule has 1 N–H and O–H groups in total. The summed E-state index contributed by atoms with van der Waals surface area (Å²) in [5.74, 6) is 0. The summed E-state index contributed by atoms with van der Waals surface area (Å²) in [6.45, 7) is 5.57. The normalized spacial score (nSPS) is 13.8. The van der Waals surface area contributed by atoms with Crippen molar-refractivity contribution in [3.63, 3.8) is 0 Å². The molecule has 0 aliphatic heterocycles. The standard InChI is InChI=1S/C7H15NO/c1-4-5-6-7(2)8(3)9/h4,7,9H,1,5-6H2,2-3H3. The summed E-state index contributed by atoms with van der Waals surface area (Å²) in [5, 5.41) is 10.1. The highest BCUT2D eigenvalue weighted by Gasteiger charge is 2.02. The van der Waals surface area contributed by atoms with E-state index in [2.05, 4.69) is 6.58 Å². The molecule has 0 saturated heterocycles. The Bertz CT molecular complexity index is 81.0. The van der Waals surface area contributed by atoms with Crippen molar-refractivity contribution in [3.8, 4) is 0 Å². The van der Waals surface area contributed by atoms with Gasteiger partial charge >= 0.3 is 0 Å². The Labute approximate surface area is 56.7 Å². The highest BCUT2D eigenvalue weighted by molar-refractivity contribution is 4.69. The maximum absolute atomic E-state index is 8.85. The number of nitrogens with zero attached hydrogens (tertiary/aromatic N) is 1. The highest BCUT2D eigenvalue weighted by atomic mass is 16.5. The molecule has 0 amide bonds. The molecule has 0 saturated carbocycles. The molecule has 0 aliphatic carbocycles. The van der Waals surface area contributed by atoms with Gasteiger partial charge in [-0.3, -0.25) is 0 Å². The summed E-state index contributed by atoms with van der Waals surface area (Å²) in [7, 11) is 1.66. The molecule has 0 fully saturated rings. The van der Waals surface area contributed by atoms with Crippen molar-refractivity contribution in [3.05, 3.63) is 12.7 Å². The van der Waals surface area contributed by atoms with Crippen LogP contribution in [0.1, 0.15) is 19.8 Å². The topological polar surface area (TPSA) is 23.5 Å². The van der Waals surface area contributed by atoms with Crippen molar-refractivity contribution in [2.24, 2.45) is 0 Å². The molecule has 54 valence electrons. The highest BCUT2D eigenvalue weighted by Crippen LogP contribution is 2.00. The summed E-state index contributed by atoms with van der Waals surface area (Å²) in [4.78, 5) is 0. The summed E-state index contributed by atoms with van der Waals surface area (Å²) in [6.07, 6.45) is 3.79. The van der Waals surface area contributed by atoms with Gasteiger partial charge < -0.3 is 5.21 Å². The summed E-state index contributed by atoms with van der Waals surface area (Å²) in [5.41, 5.74) is 0. The minimum absolute atomic E-state index is 0.239. The molecule has 0 aromatic heterocycles. The molecule has 0 spiro atoms. The molecule has 0 aliphatic rings. The van der Waals surface area contributed by atoms with Crippen LogP contribution in [0.4, 0.5) is 0 Å². The Morgan fingerprint density at radius 1 is 1.78 bits per heavy atom. The fourth-order valence-electron chi connectivity index (χ4n) is 0.546. The van der Waals surface area contributed by atoms with E-state index in [1.165, 1.54) is 5.06 Å². The molecule has 2 heteroatoms. The predicted molar refractivity (Wildman–Crippen MR) is 38.4 cm³/mol. The first kappa shape index (κ1) is 8.66. The smallest absolute Gasteiger partial charge is 0.0321 e. The third-order valence-electron chi connectivity index (χ3n) is 1.43. The van der Waals surface area contributed by atoms with Crippen LogP contribution in [0.25, 0.3) is 0 Å². The Hall–Kier alpha value is -0.340. The molecule has 0 bridgehead atoms. The van der Waals surface area contributed by atoms with Crippen LogP contribution in [-0.4, -0.2) is 23.4 Å². The first-order valence-electron chi connectivity index (χ1n) is 3.21. The average Bonchev–Trinajstić information content (AvgIpc) is 1.82. The predicted octanol–water partition coefficient (Wildman–Crippen LogP) is 1.66. The van der Waals surface area contributed by atoms with Gasteiger partial charge in [0.05, 0.1) is 0 Å². The number of hydrogen-bond acceptors (Lipinski definition) is 2. The molecule has 0 heterocycles. The van der Waals surface area contributed by atoms with Gasteiger partial charge in [0.25, 0.3) is 0 Å². The van der Waals surface area contributed by atoms with Crippen molar-refractivity contribution >= 4 is 0 Å². The van der Waals surface area contributed by atoms with Gasteiger partial charge in [-0.05, 0) is 19.8 Å². The van der Waals surface area contributed by atoms with E-state index >= 15 is 0 Å². The van der Waals surface area contributed by atoms with Crippen molar-refractivity contribution in [2.75, 3.05) is 7.05 Å². The Balaban J connectivity index is 3.26. The molecule has 2 nitrogen and oxygen atoms in total. The number of rotatable bonds is 4. The van der Waals surface area contributed by atoms with Crippen LogP contribution in [0.3, 0.4) is 0 Å². The summed E-state index contributed by atoms with van der Waals surface area (Å²) >= 11 is 0. The second-order valence-electron chi connectivity index (χ2n) is 2.29. The fraction of sp³-hybridized carbons (Fsp3) is 0.714. The molecule has 1 unspecified atom stereocenters. The van der Waals surface area contributed by atoms with E-state index in [1.54, 1.807) is 7.05 Å². The van der Waals surface area contributed by atoms with E-state index in [0.717, 1.165) is 12.8 Å². The summed E-state index contributed by atoms with van der Waals surface area (Å²) < 4.78 is 0. The number of hydroxylamine groups is 2. The van der Waals surface area contributed by atoms with Crippen LogP contribution in [0, 0.1) is 0 Å². The molecule has 1 atom stereocenters. The van der Waals surface area contributed by atoms with E-state index in [0.29, 0.717) is 0 Å². The largest absolute Gasteiger partial charge is 0.314 e. The average molecular weight is 129 g/mol. The van der Waals surface area contributed by atoms with E-state index in [9.17, 15) is 0 Å². The zero-order valence-electron chi connectivity index (χ0n) is 6.17. The number of allylic oxidation sites excluding steroid dienone is 1. The van der Waals surface area contributed by atoms with Crippen molar-refractivity contribution in [1.82, 2.24) is 5.06 Å². The lowest BCUT2D eigenvalue weighted by Crippen LogP contribution is -2.24. The van der Waals surface area contributed by atoms with Crippen LogP contribution in [-0.2, 0) is 0 Å². The summed E-state index contributed by atoms with van der Waals surface area (Å²) in [6, 6.07) is 0.239. The molecular formula is C7H15NO. The van der Waals surface area contributed by atoms with Gasteiger partial charge in [0.15, 0.2) is 0 Å². The van der Waals surface area contributed by atoms with Crippen molar-refractivity contribution in [2.45, 2.75) is 25.8 Å².